The van der Waals surface area contributed by atoms with Gasteiger partial charge in [0.05, 0.1) is 11.8 Å². The summed E-state index contributed by atoms with van der Waals surface area (Å²) in [6.45, 7) is 3.12. The van der Waals surface area contributed by atoms with E-state index in [9.17, 15) is 9.90 Å². The van der Waals surface area contributed by atoms with Gasteiger partial charge in [0.25, 0.3) is 5.91 Å². The molecule has 2 atom stereocenters. The summed E-state index contributed by atoms with van der Waals surface area (Å²) in [4.78, 5) is 14.3. The maximum atomic E-state index is 12.6. The van der Waals surface area contributed by atoms with Crippen LogP contribution in [-0.4, -0.2) is 44.9 Å². The third kappa shape index (κ3) is 2.83. The van der Waals surface area contributed by atoms with Crippen molar-refractivity contribution in [1.82, 2.24) is 14.7 Å². The van der Waals surface area contributed by atoms with E-state index in [1.165, 1.54) is 0 Å². The Morgan fingerprint density at radius 3 is 2.95 bits per heavy atom. The highest BCUT2D eigenvalue weighted by Crippen LogP contribution is 2.19. The summed E-state index contributed by atoms with van der Waals surface area (Å²) in [6, 6.07) is 9.25. The Kier molecular flexibility index (Phi) is 3.75. The molecule has 1 aromatic carbocycles. The zero-order chi connectivity index (χ0) is 14.8. The van der Waals surface area contributed by atoms with Gasteiger partial charge in [0.15, 0.2) is 0 Å². The molecule has 0 aliphatic carbocycles. The van der Waals surface area contributed by atoms with Gasteiger partial charge in [-0.3, -0.25) is 4.79 Å². The molecule has 2 heterocycles. The van der Waals surface area contributed by atoms with Gasteiger partial charge in [0, 0.05) is 31.0 Å². The van der Waals surface area contributed by atoms with Crippen LogP contribution in [0.4, 0.5) is 0 Å². The second-order valence-corrected chi connectivity index (χ2v) is 5.59. The van der Waals surface area contributed by atoms with E-state index in [1.54, 1.807) is 21.8 Å². The second kappa shape index (κ2) is 5.69. The van der Waals surface area contributed by atoms with Gasteiger partial charge in [-0.05, 0) is 36.6 Å². The number of carbonyl (C=O) groups excluding carboxylic acids is 1. The molecule has 0 spiro atoms. The summed E-state index contributed by atoms with van der Waals surface area (Å²) in [6.07, 6.45) is 3.95. The first-order valence-corrected chi connectivity index (χ1v) is 7.22. The van der Waals surface area contributed by atoms with E-state index in [-0.39, 0.29) is 11.8 Å². The van der Waals surface area contributed by atoms with E-state index in [2.05, 4.69) is 5.10 Å². The lowest BCUT2D eigenvalue weighted by Crippen LogP contribution is -2.45. The molecular weight excluding hydrogens is 266 g/mol. The first kappa shape index (κ1) is 13.8. The van der Waals surface area contributed by atoms with Crippen LogP contribution in [0.25, 0.3) is 5.69 Å². The fourth-order valence-electron chi connectivity index (χ4n) is 2.62. The average Bonchev–Trinajstić information content (AvgIpc) is 3.04. The van der Waals surface area contributed by atoms with Crippen molar-refractivity contribution in [3.05, 3.63) is 48.3 Å². The summed E-state index contributed by atoms with van der Waals surface area (Å²) in [5.41, 5.74) is 1.49. The Hall–Kier alpha value is -2.14. The molecule has 110 valence electrons. The number of rotatable bonds is 2. The summed E-state index contributed by atoms with van der Waals surface area (Å²) >= 11 is 0. The number of aromatic nitrogens is 2. The number of likely N-dealkylation sites (tertiary alicyclic amines) is 1. The summed E-state index contributed by atoms with van der Waals surface area (Å²) in [5, 5.41) is 14.1. The molecule has 21 heavy (non-hydrogen) atoms. The molecule has 5 heteroatoms. The molecule has 1 aliphatic heterocycles. The first-order chi connectivity index (χ1) is 10.1. The fraction of sp³-hybridized carbons (Fsp3) is 0.375. The number of β-amino-alcohol motifs (C(OH)–C–C–N with tert-alkyl or cyclic N) is 1. The molecule has 5 nitrogen and oxygen atoms in total. The van der Waals surface area contributed by atoms with Gasteiger partial charge >= 0.3 is 0 Å². The Morgan fingerprint density at radius 1 is 1.38 bits per heavy atom. The number of amides is 1. The van der Waals surface area contributed by atoms with Crippen LogP contribution < -0.4 is 0 Å². The summed E-state index contributed by atoms with van der Waals surface area (Å²) < 4.78 is 1.73. The van der Waals surface area contributed by atoms with Crippen LogP contribution in [0, 0.1) is 5.92 Å². The van der Waals surface area contributed by atoms with Gasteiger partial charge in [0.1, 0.15) is 0 Å². The van der Waals surface area contributed by atoms with E-state index in [0.717, 1.165) is 12.1 Å². The molecule has 1 N–H and O–H groups in total. The lowest BCUT2D eigenvalue weighted by Gasteiger charge is -2.34. The minimum Gasteiger partial charge on any atom is -0.391 e. The topological polar surface area (TPSA) is 58.4 Å². The van der Waals surface area contributed by atoms with Crippen LogP contribution in [0.3, 0.4) is 0 Å². The number of aliphatic hydroxyl groups is 1. The lowest BCUT2D eigenvalue weighted by atomic mass is 9.95. The molecule has 0 bridgehead atoms. The molecule has 0 saturated carbocycles. The Bertz CT molecular complexity index is 624. The smallest absolute Gasteiger partial charge is 0.254 e. The van der Waals surface area contributed by atoms with Crippen molar-refractivity contribution in [2.24, 2.45) is 5.92 Å². The normalized spacial score (nSPS) is 22.3. The van der Waals surface area contributed by atoms with Gasteiger partial charge in [-0.25, -0.2) is 4.68 Å². The minimum absolute atomic E-state index is 0.0324. The van der Waals surface area contributed by atoms with Crippen molar-refractivity contribution in [2.75, 3.05) is 13.1 Å². The molecular formula is C16H19N3O2. The number of hydrogen-bond donors (Lipinski definition) is 1. The minimum atomic E-state index is -0.433. The van der Waals surface area contributed by atoms with E-state index >= 15 is 0 Å². The van der Waals surface area contributed by atoms with Gasteiger partial charge in [-0.1, -0.05) is 13.0 Å². The molecule has 1 amide bonds. The van der Waals surface area contributed by atoms with Gasteiger partial charge < -0.3 is 10.0 Å². The average molecular weight is 285 g/mol. The highest BCUT2D eigenvalue weighted by atomic mass is 16.3. The Balaban J connectivity index is 1.80. The zero-order valence-electron chi connectivity index (χ0n) is 12.0. The predicted molar refractivity (Wildman–Crippen MR) is 79.3 cm³/mol. The molecule has 2 unspecified atom stereocenters. The SMILES string of the molecule is CC1CCN(C(=O)c2cccc(-n3cccn3)c2)CC1O. The van der Waals surface area contributed by atoms with Crippen molar-refractivity contribution in [2.45, 2.75) is 19.4 Å². The van der Waals surface area contributed by atoms with Crippen molar-refractivity contribution in [3.63, 3.8) is 0 Å². The standard InChI is InChI=1S/C16H19N3O2/c1-12-6-9-18(11-15(12)20)16(21)13-4-2-5-14(10-13)19-8-3-7-17-19/h2-5,7-8,10,12,15,20H,6,9,11H2,1H3. The van der Waals surface area contributed by atoms with Gasteiger partial charge in [-0.2, -0.15) is 5.10 Å². The first-order valence-electron chi connectivity index (χ1n) is 7.22. The van der Waals surface area contributed by atoms with Crippen LogP contribution in [0.2, 0.25) is 0 Å². The van der Waals surface area contributed by atoms with Crippen molar-refractivity contribution >= 4 is 5.91 Å². The van der Waals surface area contributed by atoms with Gasteiger partial charge in [0.2, 0.25) is 0 Å². The van der Waals surface area contributed by atoms with E-state index in [1.807, 2.05) is 37.4 Å². The Labute approximate surface area is 123 Å². The molecule has 1 saturated heterocycles. The third-order valence-corrected chi connectivity index (χ3v) is 4.07. The number of piperidine rings is 1. The number of nitrogens with zero attached hydrogens (tertiary/aromatic N) is 3. The monoisotopic (exact) mass is 285 g/mol. The lowest BCUT2D eigenvalue weighted by molar-refractivity contribution is 0.0248. The number of hydrogen-bond acceptors (Lipinski definition) is 3. The summed E-state index contributed by atoms with van der Waals surface area (Å²) in [7, 11) is 0. The fourth-order valence-corrected chi connectivity index (χ4v) is 2.62. The summed E-state index contributed by atoms with van der Waals surface area (Å²) in [5.74, 6) is 0.222. The third-order valence-electron chi connectivity index (χ3n) is 4.07. The molecule has 0 radical (unpaired) electrons. The van der Waals surface area contributed by atoms with Crippen molar-refractivity contribution < 1.29 is 9.90 Å². The van der Waals surface area contributed by atoms with Crippen LogP contribution in [0.1, 0.15) is 23.7 Å². The number of aliphatic hydroxyl groups excluding tert-OH is 1. The highest BCUT2D eigenvalue weighted by molar-refractivity contribution is 5.94. The maximum absolute atomic E-state index is 12.6. The van der Waals surface area contributed by atoms with Crippen LogP contribution in [0.15, 0.2) is 42.7 Å². The molecule has 3 rings (SSSR count). The molecule has 1 fully saturated rings. The number of benzene rings is 1. The quantitative estimate of drug-likeness (QED) is 0.914. The van der Waals surface area contributed by atoms with Crippen molar-refractivity contribution in [1.29, 1.82) is 0 Å². The van der Waals surface area contributed by atoms with E-state index in [0.29, 0.717) is 18.7 Å². The maximum Gasteiger partial charge on any atom is 0.254 e. The Morgan fingerprint density at radius 2 is 2.24 bits per heavy atom. The molecule has 1 aliphatic rings. The van der Waals surface area contributed by atoms with E-state index in [4.69, 9.17) is 0 Å². The van der Waals surface area contributed by atoms with Crippen LogP contribution in [0.5, 0.6) is 0 Å². The highest BCUT2D eigenvalue weighted by Gasteiger charge is 2.27. The zero-order valence-corrected chi connectivity index (χ0v) is 12.0. The van der Waals surface area contributed by atoms with Crippen molar-refractivity contribution in [3.8, 4) is 5.69 Å². The van der Waals surface area contributed by atoms with E-state index < -0.39 is 6.10 Å². The second-order valence-electron chi connectivity index (χ2n) is 5.59. The van der Waals surface area contributed by atoms with Gasteiger partial charge in [-0.15, -0.1) is 0 Å². The molecule has 2 aromatic rings. The number of carbonyl (C=O) groups is 1. The van der Waals surface area contributed by atoms with Crippen LogP contribution >= 0.6 is 0 Å². The largest absolute Gasteiger partial charge is 0.391 e. The van der Waals surface area contributed by atoms with Crippen LogP contribution in [-0.2, 0) is 0 Å². The molecule has 1 aromatic heterocycles. The predicted octanol–water partition coefficient (Wildman–Crippen LogP) is 1.72.